The SMILES string of the molecule is CC(O)CC1CCCN1C(=O)c1cnccn1. The van der Waals surface area contributed by atoms with Crippen LogP contribution in [-0.2, 0) is 0 Å². The first kappa shape index (κ1) is 12.0. The van der Waals surface area contributed by atoms with E-state index in [1.54, 1.807) is 18.0 Å². The number of nitrogens with zero attached hydrogens (tertiary/aromatic N) is 3. The van der Waals surface area contributed by atoms with Crippen molar-refractivity contribution in [2.24, 2.45) is 0 Å². The van der Waals surface area contributed by atoms with Crippen molar-refractivity contribution in [1.82, 2.24) is 14.9 Å². The second-order valence-electron chi connectivity index (χ2n) is 4.47. The Balaban J connectivity index is 2.08. The highest BCUT2D eigenvalue weighted by Crippen LogP contribution is 2.22. The summed E-state index contributed by atoms with van der Waals surface area (Å²) in [6.45, 7) is 2.50. The molecule has 1 saturated heterocycles. The number of aliphatic hydroxyl groups is 1. The summed E-state index contributed by atoms with van der Waals surface area (Å²) >= 11 is 0. The van der Waals surface area contributed by atoms with Crippen molar-refractivity contribution in [1.29, 1.82) is 0 Å². The van der Waals surface area contributed by atoms with Crippen molar-refractivity contribution >= 4 is 5.91 Å². The van der Waals surface area contributed by atoms with E-state index in [1.165, 1.54) is 12.4 Å². The summed E-state index contributed by atoms with van der Waals surface area (Å²) in [7, 11) is 0. The van der Waals surface area contributed by atoms with E-state index in [0.717, 1.165) is 19.4 Å². The van der Waals surface area contributed by atoms with E-state index < -0.39 is 0 Å². The summed E-state index contributed by atoms with van der Waals surface area (Å²) in [5.41, 5.74) is 0.380. The van der Waals surface area contributed by atoms with Crippen LogP contribution in [0.3, 0.4) is 0 Å². The zero-order valence-electron chi connectivity index (χ0n) is 9.91. The molecule has 5 nitrogen and oxygen atoms in total. The smallest absolute Gasteiger partial charge is 0.274 e. The average Bonchev–Trinajstić information content (AvgIpc) is 2.76. The Morgan fingerprint density at radius 3 is 3.12 bits per heavy atom. The highest BCUT2D eigenvalue weighted by atomic mass is 16.3. The predicted molar refractivity (Wildman–Crippen MR) is 62.4 cm³/mol. The minimum absolute atomic E-state index is 0.0822. The Kier molecular flexibility index (Phi) is 3.68. The molecule has 5 heteroatoms. The third-order valence-corrected chi connectivity index (χ3v) is 3.03. The molecule has 2 atom stereocenters. The van der Waals surface area contributed by atoms with Gasteiger partial charge < -0.3 is 10.0 Å². The van der Waals surface area contributed by atoms with Crippen LogP contribution in [0.4, 0.5) is 0 Å². The van der Waals surface area contributed by atoms with Crippen molar-refractivity contribution in [3.8, 4) is 0 Å². The second kappa shape index (κ2) is 5.23. The van der Waals surface area contributed by atoms with E-state index in [2.05, 4.69) is 9.97 Å². The predicted octanol–water partition coefficient (Wildman–Crippen LogP) is 0.852. The molecule has 1 aliphatic rings. The van der Waals surface area contributed by atoms with Crippen LogP contribution in [0, 0.1) is 0 Å². The molecular weight excluding hydrogens is 218 g/mol. The van der Waals surface area contributed by atoms with Crippen LogP contribution in [0.1, 0.15) is 36.7 Å². The molecule has 92 valence electrons. The van der Waals surface area contributed by atoms with Gasteiger partial charge in [0.25, 0.3) is 5.91 Å². The number of hydrogen-bond acceptors (Lipinski definition) is 4. The molecule has 1 amide bonds. The maximum Gasteiger partial charge on any atom is 0.274 e. The summed E-state index contributed by atoms with van der Waals surface area (Å²) in [5.74, 6) is -0.0822. The number of aromatic nitrogens is 2. The standard InChI is InChI=1S/C12H17N3O2/c1-9(16)7-10-3-2-6-15(10)12(17)11-8-13-4-5-14-11/h4-5,8-10,16H,2-3,6-7H2,1H3. The monoisotopic (exact) mass is 235 g/mol. The molecule has 0 spiro atoms. The minimum atomic E-state index is -0.379. The third kappa shape index (κ3) is 2.79. The molecular formula is C12H17N3O2. The number of rotatable bonds is 3. The Hall–Kier alpha value is -1.49. The topological polar surface area (TPSA) is 66.3 Å². The number of carbonyl (C=O) groups excluding carboxylic acids is 1. The van der Waals surface area contributed by atoms with Crippen LogP contribution >= 0.6 is 0 Å². The van der Waals surface area contributed by atoms with Gasteiger partial charge in [0.15, 0.2) is 0 Å². The Morgan fingerprint density at radius 1 is 1.65 bits per heavy atom. The summed E-state index contributed by atoms with van der Waals surface area (Å²) in [5, 5.41) is 9.42. The Bertz CT molecular complexity index is 381. The largest absolute Gasteiger partial charge is 0.393 e. The van der Waals surface area contributed by atoms with Gasteiger partial charge in [-0.2, -0.15) is 0 Å². The number of carbonyl (C=O) groups is 1. The summed E-state index contributed by atoms with van der Waals surface area (Å²) in [6.07, 6.45) is 6.75. The Labute approximate surface area is 100 Å². The van der Waals surface area contributed by atoms with Crippen molar-refractivity contribution < 1.29 is 9.90 Å². The molecule has 0 saturated carbocycles. The molecule has 1 aliphatic heterocycles. The van der Waals surface area contributed by atoms with Crippen LogP contribution in [0.2, 0.25) is 0 Å². The number of likely N-dealkylation sites (tertiary alicyclic amines) is 1. The van der Waals surface area contributed by atoms with E-state index in [0.29, 0.717) is 12.1 Å². The third-order valence-electron chi connectivity index (χ3n) is 3.03. The molecule has 1 N–H and O–H groups in total. The normalized spacial score (nSPS) is 21.5. The van der Waals surface area contributed by atoms with Crippen LogP contribution in [0.25, 0.3) is 0 Å². The summed E-state index contributed by atoms with van der Waals surface area (Å²) in [6, 6.07) is 0.129. The fraction of sp³-hybridized carbons (Fsp3) is 0.583. The van der Waals surface area contributed by atoms with Crippen LogP contribution in [0.5, 0.6) is 0 Å². The molecule has 0 bridgehead atoms. The number of hydrogen-bond donors (Lipinski definition) is 1. The van der Waals surface area contributed by atoms with Gasteiger partial charge in [-0.15, -0.1) is 0 Å². The fourth-order valence-electron chi connectivity index (χ4n) is 2.30. The minimum Gasteiger partial charge on any atom is -0.393 e. The molecule has 1 aromatic heterocycles. The van der Waals surface area contributed by atoms with E-state index >= 15 is 0 Å². The molecule has 0 radical (unpaired) electrons. The van der Waals surface area contributed by atoms with Crippen LogP contribution < -0.4 is 0 Å². The van der Waals surface area contributed by atoms with E-state index in [9.17, 15) is 9.90 Å². The van der Waals surface area contributed by atoms with Crippen molar-refractivity contribution in [2.45, 2.75) is 38.3 Å². The molecule has 0 aromatic carbocycles. The highest BCUT2D eigenvalue weighted by molar-refractivity contribution is 5.92. The second-order valence-corrected chi connectivity index (χ2v) is 4.47. The highest BCUT2D eigenvalue weighted by Gasteiger charge is 2.30. The van der Waals surface area contributed by atoms with Crippen LogP contribution in [0.15, 0.2) is 18.6 Å². The van der Waals surface area contributed by atoms with Crippen LogP contribution in [-0.4, -0.2) is 44.6 Å². The zero-order valence-corrected chi connectivity index (χ0v) is 9.91. The van der Waals surface area contributed by atoms with E-state index in [-0.39, 0.29) is 18.1 Å². The number of amides is 1. The molecule has 0 aliphatic carbocycles. The lowest BCUT2D eigenvalue weighted by Gasteiger charge is -2.25. The summed E-state index contributed by atoms with van der Waals surface area (Å²) in [4.78, 5) is 21.9. The molecule has 1 fully saturated rings. The average molecular weight is 235 g/mol. The van der Waals surface area contributed by atoms with Crippen molar-refractivity contribution in [3.63, 3.8) is 0 Å². The van der Waals surface area contributed by atoms with Gasteiger partial charge in [0.05, 0.1) is 12.3 Å². The molecule has 2 rings (SSSR count). The molecule has 17 heavy (non-hydrogen) atoms. The van der Waals surface area contributed by atoms with Gasteiger partial charge >= 0.3 is 0 Å². The van der Waals surface area contributed by atoms with Gasteiger partial charge in [0, 0.05) is 25.0 Å². The first-order valence-electron chi connectivity index (χ1n) is 5.93. The van der Waals surface area contributed by atoms with E-state index in [4.69, 9.17) is 0 Å². The van der Waals surface area contributed by atoms with Gasteiger partial charge in [-0.05, 0) is 26.2 Å². The lowest BCUT2D eigenvalue weighted by atomic mass is 10.1. The van der Waals surface area contributed by atoms with Gasteiger partial charge in [-0.25, -0.2) is 4.98 Å². The zero-order chi connectivity index (χ0) is 12.3. The maximum atomic E-state index is 12.2. The summed E-state index contributed by atoms with van der Waals surface area (Å²) < 4.78 is 0. The lowest BCUT2D eigenvalue weighted by Crippen LogP contribution is -2.37. The van der Waals surface area contributed by atoms with Gasteiger partial charge in [0.2, 0.25) is 0 Å². The van der Waals surface area contributed by atoms with Crippen molar-refractivity contribution in [2.75, 3.05) is 6.54 Å². The van der Waals surface area contributed by atoms with Gasteiger partial charge in [-0.1, -0.05) is 0 Å². The first-order valence-corrected chi connectivity index (χ1v) is 5.93. The van der Waals surface area contributed by atoms with E-state index in [1.807, 2.05) is 0 Å². The first-order chi connectivity index (χ1) is 8.18. The van der Waals surface area contributed by atoms with Crippen molar-refractivity contribution in [3.05, 3.63) is 24.3 Å². The van der Waals surface area contributed by atoms with Gasteiger partial charge in [-0.3, -0.25) is 9.78 Å². The quantitative estimate of drug-likeness (QED) is 0.843. The Morgan fingerprint density at radius 2 is 2.47 bits per heavy atom. The van der Waals surface area contributed by atoms with Gasteiger partial charge in [0.1, 0.15) is 5.69 Å². The number of aliphatic hydroxyl groups excluding tert-OH is 1. The molecule has 2 unspecified atom stereocenters. The lowest BCUT2D eigenvalue weighted by molar-refractivity contribution is 0.0676. The fourth-order valence-corrected chi connectivity index (χ4v) is 2.30. The molecule has 2 heterocycles. The molecule has 1 aromatic rings. The maximum absolute atomic E-state index is 12.2.